The van der Waals surface area contributed by atoms with Gasteiger partial charge in [0.2, 0.25) is 0 Å². The first-order valence-electron chi connectivity index (χ1n) is 8.89. The molecule has 0 amide bonds. The highest BCUT2D eigenvalue weighted by molar-refractivity contribution is 7.80. The molecule has 2 aromatic heterocycles. The van der Waals surface area contributed by atoms with Gasteiger partial charge in [0.1, 0.15) is 11.4 Å². The van der Waals surface area contributed by atoms with E-state index in [4.69, 9.17) is 54.9 Å². The SMILES string of the molecule is COC(OC(=O)/C=C\C(=O)OC(OC)(C(N)=S)c1ccccn1)(C(N)=S)c1ccccn1. The number of pyridine rings is 2. The summed E-state index contributed by atoms with van der Waals surface area (Å²) in [6.45, 7) is 0. The molecule has 2 rings (SSSR count). The molecule has 0 fully saturated rings. The molecule has 4 N–H and O–H groups in total. The number of nitrogens with two attached hydrogens (primary N) is 2. The Morgan fingerprint density at radius 3 is 1.44 bits per heavy atom. The van der Waals surface area contributed by atoms with E-state index >= 15 is 0 Å². The quantitative estimate of drug-likeness (QED) is 0.218. The number of rotatable bonds is 10. The standard InChI is InChI=1S/C20H20N4O6S2/c1-27-19(17(21)31,13-7-3-5-11-23-13)29-15(25)9-10-16(26)30-20(28-2,18(22)32)14-8-4-6-12-24-14/h3-12H,1-2H3,(H2,21,31)(H2,22,32)/b10-9-. The van der Waals surface area contributed by atoms with Gasteiger partial charge in [-0.05, 0) is 24.3 Å². The third kappa shape index (κ3) is 5.29. The maximum Gasteiger partial charge on any atom is 0.334 e. The normalized spacial score (nSPS) is 14.7. The van der Waals surface area contributed by atoms with Gasteiger partial charge in [-0.2, -0.15) is 0 Å². The third-order valence-corrected chi connectivity index (χ3v) is 4.61. The summed E-state index contributed by atoms with van der Waals surface area (Å²) in [7, 11) is 2.47. The number of hydrogen-bond acceptors (Lipinski definition) is 10. The molecule has 168 valence electrons. The van der Waals surface area contributed by atoms with Crippen molar-refractivity contribution < 1.29 is 28.5 Å². The largest absolute Gasteiger partial charge is 0.417 e. The topological polar surface area (TPSA) is 149 Å². The van der Waals surface area contributed by atoms with Crippen molar-refractivity contribution in [2.24, 2.45) is 11.5 Å². The predicted molar refractivity (Wildman–Crippen MR) is 121 cm³/mol. The van der Waals surface area contributed by atoms with Gasteiger partial charge in [-0.3, -0.25) is 9.97 Å². The van der Waals surface area contributed by atoms with Crippen molar-refractivity contribution in [2.75, 3.05) is 14.2 Å². The van der Waals surface area contributed by atoms with Crippen LogP contribution in [-0.4, -0.2) is 46.1 Å². The summed E-state index contributed by atoms with van der Waals surface area (Å²) >= 11 is 10.0. The Kier molecular flexibility index (Phi) is 8.43. The molecule has 0 aliphatic rings. The number of thiocarbonyl (C=S) groups is 2. The number of ether oxygens (including phenoxy) is 4. The lowest BCUT2D eigenvalue weighted by atomic mass is 10.1. The van der Waals surface area contributed by atoms with Gasteiger partial charge in [0, 0.05) is 38.8 Å². The molecule has 2 atom stereocenters. The summed E-state index contributed by atoms with van der Waals surface area (Å²) in [6, 6.07) is 9.57. The van der Waals surface area contributed by atoms with E-state index in [0.29, 0.717) is 0 Å². The van der Waals surface area contributed by atoms with Crippen LogP contribution in [0.2, 0.25) is 0 Å². The molecule has 2 unspecified atom stereocenters. The van der Waals surface area contributed by atoms with Gasteiger partial charge in [-0.1, -0.05) is 36.6 Å². The van der Waals surface area contributed by atoms with Crippen LogP contribution in [0.15, 0.2) is 60.9 Å². The Hall–Kier alpha value is -3.32. The second-order valence-electron chi connectivity index (χ2n) is 5.98. The number of hydrogen-bond donors (Lipinski definition) is 2. The monoisotopic (exact) mass is 476 g/mol. The van der Waals surface area contributed by atoms with Crippen molar-refractivity contribution in [3.8, 4) is 0 Å². The zero-order valence-corrected chi connectivity index (χ0v) is 18.7. The van der Waals surface area contributed by atoms with Gasteiger partial charge in [-0.25, -0.2) is 9.59 Å². The van der Waals surface area contributed by atoms with Crippen LogP contribution in [0.4, 0.5) is 0 Å². The minimum absolute atomic E-state index is 0.140. The molecule has 0 aromatic carbocycles. The molecule has 2 aromatic rings. The highest BCUT2D eigenvalue weighted by Crippen LogP contribution is 2.27. The zero-order chi connectivity index (χ0) is 23.8. The minimum atomic E-state index is -1.94. The molecule has 0 aliphatic carbocycles. The molecule has 0 saturated heterocycles. The molecule has 32 heavy (non-hydrogen) atoms. The van der Waals surface area contributed by atoms with Crippen molar-refractivity contribution >= 4 is 46.4 Å². The Morgan fingerprint density at radius 2 is 1.19 bits per heavy atom. The molecule has 12 heteroatoms. The van der Waals surface area contributed by atoms with Crippen LogP contribution in [0.5, 0.6) is 0 Å². The smallest absolute Gasteiger partial charge is 0.334 e. The van der Waals surface area contributed by atoms with Gasteiger partial charge in [0.05, 0.1) is 0 Å². The third-order valence-electron chi connectivity index (χ3n) is 4.07. The maximum atomic E-state index is 12.4. The first-order valence-corrected chi connectivity index (χ1v) is 9.70. The summed E-state index contributed by atoms with van der Waals surface area (Å²) in [5.74, 6) is -5.91. The number of aromatic nitrogens is 2. The van der Waals surface area contributed by atoms with Crippen molar-refractivity contribution in [3.05, 3.63) is 72.3 Å². The lowest BCUT2D eigenvalue weighted by Gasteiger charge is -2.29. The Morgan fingerprint density at radius 1 is 0.812 bits per heavy atom. The van der Waals surface area contributed by atoms with Crippen molar-refractivity contribution in [1.82, 2.24) is 9.97 Å². The van der Waals surface area contributed by atoms with Crippen molar-refractivity contribution in [1.29, 1.82) is 0 Å². The number of nitrogens with zero attached hydrogens (tertiary/aromatic N) is 2. The van der Waals surface area contributed by atoms with E-state index < -0.39 is 23.5 Å². The Labute approximate surface area is 194 Å². The molecule has 2 heterocycles. The summed E-state index contributed by atoms with van der Waals surface area (Å²) in [4.78, 5) is 32.3. The van der Waals surface area contributed by atoms with Gasteiger partial charge in [-0.15, -0.1) is 0 Å². The predicted octanol–water partition coefficient (Wildman–Crippen LogP) is 0.990. The van der Waals surface area contributed by atoms with Crippen LogP contribution in [0.25, 0.3) is 0 Å². The summed E-state index contributed by atoms with van der Waals surface area (Å²) in [6.07, 6.45) is 4.46. The molecular weight excluding hydrogens is 456 g/mol. The van der Waals surface area contributed by atoms with Crippen LogP contribution in [0.1, 0.15) is 11.4 Å². The molecule has 10 nitrogen and oxygen atoms in total. The fourth-order valence-electron chi connectivity index (χ4n) is 2.55. The van der Waals surface area contributed by atoms with E-state index in [-0.39, 0.29) is 21.4 Å². The van der Waals surface area contributed by atoms with Crippen molar-refractivity contribution in [2.45, 2.75) is 11.6 Å². The molecular formula is C20H20N4O6S2. The number of carbonyl (C=O) groups is 2. The van der Waals surface area contributed by atoms with Gasteiger partial charge < -0.3 is 30.4 Å². The van der Waals surface area contributed by atoms with Crippen LogP contribution in [-0.2, 0) is 40.1 Å². The van der Waals surface area contributed by atoms with E-state index in [0.717, 1.165) is 12.2 Å². The van der Waals surface area contributed by atoms with Crippen molar-refractivity contribution in [3.63, 3.8) is 0 Å². The summed E-state index contributed by atoms with van der Waals surface area (Å²) in [5.41, 5.74) is 11.8. The first-order chi connectivity index (χ1) is 15.2. The Bertz CT molecular complexity index is 940. The van der Waals surface area contributed by atoms with Crippen LogP contribution in [0.3, 0.4) is 0 Å². The first kappa shape index (κ1) is 24.9. The second-order valence-corrected chi connectivity index (χ2v) is 6.86. The molecule has 0 saturated carbocycles. The molecule has 0 radical (unpaired) electrons. The Balaban J connectivity index is 2.22. The summed E-state index contributed by atoms with van der Waals surface area (Å²) in [5, 5.41) is 0. The molecule has 0 bridgehead atoms. The highest BCUT2D eigenvalue weighted by atomic mass is 32.1. The average molecular weight is 477 g/mol. The fraction of sp³-hybridized carbons (Fsp3) is 0.200. The summed E-state index contributed by atoms with van der Waals surface area (Å²) < 4.78 is 21.1. The van der Waals surface area contributed by atoms with Crippen LogP contribution >= 0.6 is 24.4 Å². The van der Waals surface area contributed by atoms with E-state index in [2.05, 4.69) is 9.97 Å². The number of carbonyl (C=O) groups excluding carboxylic acids is 2. The van der Waals surface area contributed by atoms with Gasteiger partial charge in [0.15, 0.2) is 9.98 Å². The van der Waals surface area contributed by atoms with E-state index in [1.807, 2.05) is 0 Å². The molecule has 0 spiro atoms. The minimum Gasteiger partial charge on any atom is -0.417 e. The van der Waals surface area contributed by atoms with E-state index in [9.17, 15) is 9.59 Å². The lowest BCUT2D eigenvalue weighted by Crippen LogP contribution is -2.46. The highest BCUT2D eigenvalue weighted by Gasteiger charge is 2.43. The van der Waals surface area contributed by atoms with Gasteiger partial charge >= 0.3 is 23.5 Å². The second kappa shape index (κ2) is 10.8. The van der Waals surface area contributed by atoms with E-state index in [1.165, 1.54) is 38.7 Å². The maximum absolute atomic E-state index is 12.4. The number of esters is 2. The van der Waals surface area contributed by atoms with Crippen LogP contribution < -0.4 is 11.5 Å². The fourth-order valence-corrected chi connectivity index (χ4v) is 3.01. The number of methoxy groups -OCH3 is 2. The molecule has 0 aliphatic heterocycles. The van der Waals surface area contributed by atoms with E-state index in [1.54, 1.807) is 24.3 Å². The van der Waals surface area contributed by atoms with Crippen LogP contribution in [0, 0.1) is 0 Å². The van der Waals surface area contributed by atoms with Gasteiger partial charge in [0.25, 0.3) is 0 Å². The zero-order valence-electron chi connectivity index (χ0n) is 17.1. The lowest BCUT2D eigenvalue weighted by molar-refractivity contribution is -0.194. The average Bonchev–Trinajstić information content (AvgIpc) is 2.80.